The fourth-order valence-electron chi connectivity index (χ4n) is 2.75. The molecule has 0 atom stereocenters. The second-order valence-electron chi connectivity index (χ2n) is 6.30. The number of pyridine rings is 1. The summed E-state index contributed by atoms with van der Waals surface area (Å²) in [5.74, 6) is -2.09. The number of sulfone groups is 1. The molecule has 0 bridgehead atoms. The zero-order chi connectivity index (χ0) is 21.7. The Labute approximate surface area is 177 Å². The highest BCUT2D eigenvalue weighted by Gasteiger charge is 2.27. The number of aromatic carboxylic acids is 1. The summed E-state index contributed by atoms with van der Waals surface area (Å²) in [4.78, 5) is 27.5. The van der Waals surface area contributed by atoms with Gasteiger partial charge in [-0.25, -0.2) is 18.2 Å². The summed E-state index contributed by atoms with van der Waals surface area (Å²) in [5.41, 5.74) is -0.0767. The lowest BCUT2D eigenvalue weighted by molar-refractivity contribution is -0.116. The number of hydrogen-bond acceptors (Lipinski definition) is 6. The van der Waals surface area contributed by atoms with Crippen molar-refractivity contribution in [3.05, 3.63) is 83.0 Å². The van der Waals surface area contributed by atoms with E-state index in [0.717, 1.165) is 12.3 Å². The topological polar surface area (TPSA) is 111 Å². The lowest BCUT2D eigenvalue weighted by Crippen LogP contribution is -2.21. The van der Waals surface area contributed by atoms with Crippen LogP contribution in [0.1, 0.15) is 15.9 Å². The number of carboxylic acid groups (broad SMARTS) is 1. The van der Waals surface area contributed by atoms with Crippen molar-refractivity contribution >= 4 is 33.2 Å². The van der Waals surface area contributed by atoms with Gasteiger partial charge in [0.1, 0.15) is 17.3 Å². The number of para-hydroxylation sites is 1. The number of ether oxygens (including phenoxy) is 1. The molecule has 9 heteroatoms. The Morgan fingerprint density at radius 1 is 1.03 bits per heavy atom. The molecule has 154 valence electrons. The fourth-order valence-corrected chi connectivity index (χ4v) is 4.32. The quantitative estimate of drug-likeness (QED) is 0.561. The minimum Gasteiger partial charge on any atom is -0.478 e. The highest BCUT2D eigenvalue weighted by molar-refractivity contribution is 7.92. The van der Waals surface area contributed by atoms with E-state index in [4.69, 9.17) is 16.3 Å². The predicted molar refractivity (Wildman–Crippen MR) is 110 cm³/mol. The fraction of sp³-hybridized carbons (Fsp3) is 0.0952. The van der Waals surface area contributed by atoms with Gasteiger partial charge in [-0.1, -0.05) is 29.8 Å². The maximum absolute atomic E-state index is 12.6. The van der Waals surface area contributed by atoms with Gasteiger partial charge in [-0.3, -0.25) is 4.79 Å². The molecular weight excluding hydrogens is 430 g/mol. The van der Waals surface area contributed by atoms with Crippen molar-refractivity contribution in [3.63, 3.8) is 0 Å². The maximum atomic E-state index is 12.6. The van der Waals surface area contributed by atoms with E-state index in [-0.39, 0.29) is 6.42 Å². The number of aromatic nitrogens is 1. The standard InChI is InChI=1S/C21H16ClNO6S/c22-15-8-9-19(29-17-5-2-1-3-6-17)14(11-15)12-16(24)13-30(27,28)20-18(21(25)26)7-4-10-23-20/h1-11H,12-13H2,(H,25,26). The molecule has 0 unspecified atom stereocenters. The van der Waals surface area contributed by atoms with Gasteiger partial charge in [0.25, 0.3) is 0 Å². The van der Waals surface area contributed by atoms with Gasteiger partial charge in [0.2, 0.25) is 9.84 Å². The van der Waals surface area contributed by atoms with Gasteiger partial charge >= 0.3 is 5.97 Å². The molecule has 0 aliphatic carbocycles. The summed E-state index contributed by atoms with van der Waals surface area (Å²) >= 11 is 6.03. The molecule has 3 aromatic rings. The Hall–Kier alpha value is -3.23. The lowest BCUT2D eigenvalue weighted by Gasteiger charge is -2.12. The highest BCUT2D eigenvalue weighted by atomic mass is 35.5. The largest absolute Gasteiger partial charge is 0.478 e. The van der Waals surface area contributed by atoms with Crippen LogP contribution in [0.4, 0.5) is 0 Å². The Balaban J connectivity index is 1.83. The second kappa shape index (κ2) is 9.06. The van der Waals surface area contributed by atoms with Crippen molar-refractivity contribution in [3.8, 4) is 11.5 Å². The Morgan fingerprint density at radius 2 is 1.77 bits per heavy atom. The van der Waals surface area contributed by atoms with Gasteiger partial charge in [-0.2, -0.15) is 0 Å². The smallest absolute Gasteiger partial charge is 0.338 e. The molecule has 0 spiro atoms. The number of ketones is 1. The van der Waals surface area contributed by atoms with Crippen LogP contribution in [0, 0.1) is 0 Å². The van der Waals surface area contributed by atoms with Crippen molar-refractivity contribution in [1.29, 1.82) is 0 Å². The van der Waals surface area contributed by atoms with E-state index in [9.17, 15) is 23.1 Å². The van der Waals surface area contributed by atoms with E-state index in [1.165, 1.54) is 12.1 Å². The first kappa shape index (κ1) is 21.5. The van der Waals surface area contributed by atoms with Gasteiger partial charge in [-0.05, 0) is 42.5 Å². The van der Waals surface area contributed by atoms with E-state index in [1.807, 2.05) is 6.07 Å². The average molecular weight is 446 g/mol. The Kier molecular flexibility index (Phi) is 6.49. The highest BCUT2D eigenvalue weighted by Crippen LogP contribution is 2.28. The van der Waals surface area contributed by atoms with Crippen molar-refractivity contribution in [2.75, 3.05) is 5.75 Å². The number of carbonyl (C=O) groups is 2. The van der Waals surface area contributed by atoms with Gasteiger partial charge in [0, 0.05) is 23.2 Å². The monoisotopic (exact) mass is 445 g/mol. The van der Waals surface area contributed by atoms with Gasteiger partial charge in [0.05, 0.1) is 5.56 Å². The third kappa shape index (κ3) is 5.22. The van der Waals surface area contributed by atoms with Crippen molar-refractivity contribution < 1.29 is 27.9 Å². The van der Waals surface area contributed by atoms with Crippen LogP contribution in [0.5, 0.6) is 11.5 Å². The summed E-state index contributed by atoms with van der Waals surface area (Å²) in [6.45, 7) is 0. The van der Waals surface area contributed by atoms with E-state index in [1.54, 1.807) is 36.4 Å². The Bertz CT molecular complexity index is 1200. The van der Waals surface area contributed by atoms with Gasteiger partial charge in [0.15, 0.2) is 10.8 Å². The minimum absolute atomic E-state index is 0.267. The Morgan fingerprint density at radius 3 is 2.47 bits per heavy atom. The van der Waals surface area contributed by atoms with Crippen molar-refractivity contribution in [2.24, 2.45) is 0 Å². The van der Waals surface area contributed by atoms with E-state index < -0.39 is 37.9 Å². The molecule has 0 aliphatic heterocycles. The number of halogens is 1. The molecular formula is C21H16ClNO6S. The maximum Gasteiger partial charge on any atom is 0.338 e. The summed E-state index contributed by atoms with van der Waals surface area (Å²) in [6, 6.07) is 16.0. The van der Waals surface area contributed by atoms with Crippen molar-refractivity contribution in [1.82, 2.24) is 4.98 Å². The molecule has 1 heterocycles. The molecule has 0 saturated carbocycles. The summed E-state index contributed by atoms with van der Waals surface area (Å²) in [7, 11) is -4.25. The molecule has 3 rings (SSSR count). The van der Waals surface area contributed by atoms with E-state index in [2.05, 4.69) is 4.98 Å². The number of carboxylic acids is 1. The molecule has 30 heavy (non-hydrogen) atoms. The zero-order valence-electron chi connectivity index (χ0n) is 15.5. The molecule has 7 nitrogen and oxygen atoms in total. The summed E-state index contributed by atoms with van der Waals surface area (Å²) in [6.07, 6.45) is 0.893. The SMILES string of the molecule is O=C(Cc1cc(Cl)ccc1Oc1ccccc1)CS(=O)(=O)c1ncccc1C(=O)O. The zero-order valence-corrected chi connectivity index (χ0v) is 17.1. The van der Waals surface area contributed by atoms with Crippen LogP contribution in [-0.2, 0) is 21.1 Å². The summed E-state index contributed by atoms with van der Waals surface area (Å²) in [5, 5.41) is 8.90. The number of rotatable bonds is 8. The molecule has 0 aliphatic rings. The molecule has 2 aromatic carbocycles. The number of benzene rings is 2. The van der Waals surface area contributed by atoms with Crippen LogP contribution in [-0.4, -0.2) is 36.0 Å². The third-order valence-electron chi connectivity index (χ3n) is 4.03. The summed E-state index contributed by atoms with van der Waals surface area (Å²) < 4.78 is 31.0. The van der Waals surface area contributed by atoms with Crippen LogP contribution in [0.2, 0.25) is 5.02 Å². The van der Waals surface area contributed by atoms with Crippen molar-refractivity contribution in [2.45, 2.75) is 11.4 Å². The molecule has 0 amide bonds. The normalized spacial score (nSPS) is 11.1. The average Bonchev–Trinajstić information content (AvgIpc) is 2.70. The minimum atomic E-state index is -4.25. The first-order valence-corrected chi connectivity index (χ1v) is 10.7. The number of Topliss-reactive ketones (excluding diaryl/α,β-unsaturated/α-hetero) is 1. The molecule has 0 saturated heterocycles. The van der Waals surface area contributed by atoms with E-state index >= 15 is 0 Å². The lowest BCUT2D eigenvalue weighted by atomic mass is 10.1. The first-order valence-electron chi connectivity index (χ1n) is 8.70. The van der Waals surface area contributed by atoms with Crippen LogP contribution in [0.25, 0.3) is 0 Å². The molecule has 0 fully saturated rings. The molecule has 0 radical (unpaired) electrons. The third-order valence-corrected chi connectivity index (χ3v) is 5.88. The first-order chi connectivity index (χ1) is 14.3. The van der Waals surface area contributed by atoms with Crippen LogP contribution >= 0.6 is 11.6 Å². The molecule has 1 N–H and O–H groups in total. The van der Waals surface area contributed by atoms with Gasteiger partial charge < -0.3 is 9.84 Å². The predicted octanol–water partition coefficient (Wildman–Crippen LogP) is 3.81. The van der Waals surface area contributed by atoms with E-state index in [0.29, 0.717) is 22.1 Å². The molecule has 1 aromatic heterocycles. The van der Waals surface area contributed by atoms with Crippen LogP contribution in [0.15, 0.2) is 71.9 Å². The van der Waals surface area contributed by atoms with Gasteiger partial charge in [-0.15, -0.1) is 0 Å². The number of carbonyl (C=O) groups excluding carboxylic acids is 1. The van der Waals surface area contributed by atoms with Crippen LogP contribution < -0.4 is 4.74 Å². The number of nitrogens with zero attached hydrogens (tertiary/aromatic N) is 1. The number of hydrogen-bond donors (Lipinski definition) is 1. The van der Waals surface area contributed by atoms with Crippen LogP contribution in [0.3, 0.4) is 0 Å². The second-order valence-corrected chi connectivity index (χ2v) is 8.64.